The Morgan fingerprint density at radius 3 is 2.40 bits per heavy atom. The third kappa shape index (κ3) is 12.8. The number of esters is 1. The largest absolute Gasteiger partial charge is 0.495 e. The molecule has 0 bridgehead atoms. The van der Waals surface area contributed by atoms with E-state index in [1.54, 1.807) is 81.1 Å². The summed E-state index contributed by atoms with van der Waals surface area (Å²) in [5, 5.41) is 8.78. The second-order valence-corrected chi connectivity index (χ2v) is 21.4. The Kier molecular flexibility index (Phi) is 18.6. The van der Waals surface area contributed by atoms with Gasteiger partial charge in [-0.15, -0.1) is 0 Å². The Hall–Kier alpha value is -7.31. The molecule has 4 heterocycles. The predicted octanol–water partition coefficient (Wildman–Crippen LogP) is 5.94. The molecular formula is C57H74N10O11. The summed E-state index contributed by atoms with van der Waals surface area (Å²) >= 11 is 0. The van der Waals surface area contributed by atoms with Gasteiger partial charge in [-0.3, -0.25) is 34.1 Å². The van der Waals surface area contributed by atoms with E-state index in [0.717, 1.165) is 37.1 Å². The predicted molar refractivity (Wildman–Crippen MR) is 290 cm³/mol. The number of imide groups is 1. The molecule has 5 N–H and O–H groups in total. The van der Waals surface area contributed by atoms with Gasteiger partial charge in [0.15, 0.2) is 5.82 Å². The lowest BCUT2D eigenvalue weighted by molar-refractivity contribution is -0.179. The molecule has 3 aromatic rings. The van der Waals surface area contributed by atoms with Crippen LogP contribution in [0.4, 0.5) is 27.9 Å². The fourth-order valence-corrected chi connectivity index (χ4v) is 10.9. The molecule has 8 rings (SSSR count). The van der Waals surface area contributed by atoms with Crippen molar-refractivity contribution in [3.05, 3.63) is 64.8 Å². The number of nitrogens with zero attached hydrogens (tertiary/aromatic N) is 6. The first-order chi connectivity index (χ1) is 37.5. The first-order valence-corrected chi connectivity index (χ1v) is 27.4. The number of benzene rings is 2. The minimum Gasteiger partial charge on any atom is -0.495 e. The summed E-state index contributed by atoms with van der Waals surface area (Å²) in [6.07, 6.45) is 7.66. The highest BCUT2D eigenvalue weighted by Crippen LogP contribution is 2.41. The number of methoxy groups -OCH3 is 1. The van der Waals surface area contributed by atoms with Crippen LogP contribution in [0.1, 0.15) is 144 Å². The van der Waals surface area contributed by atoms with E-state index in [-0.39, 0.29) is 98.8 Å². The van der Waals surface area contributed by atoms with Crippen LogP contribution in [0, 0.1) is 23.7 Å². The Morgan fingerprint density at radius 1 is 0.949 bits per heavy atom. The number of carbonyl (C=O) groups excluding carboxylic acids is 7. The van der Waals surface area contributed by atoms with Crippen molar-refractivity contribution in [1.29, 1.82) is 0 Å². The van der Waals surface area contributed by atoms with E-state index in [9.17, 15) is 33.6 Å². The summed E-state index contributed by atoms with van der Waals surface area (Å²) in [4.78, 5) is 108. The lowest BCUT2D eigenvalue weighted by atomic mass is 9.90. The zero-order chi connectivity index (χ0) is 55.8. The maximum absolute atomic E-state index is 14.1. The van der Waals surface area contributed by atoms with E-state index in [2.05, 4.69) is 37.7 Å². The molecule has 2 aliphatic carbocycles. The fraction of sp³-hybridized carbons (Fsp3) is 0.561. The zero-order valence-electron chi connectivity index (χ0n) is 45.8. The van der Waals surface area contributed by atoms with Crippen molar-refractivity contribution in [2.45, 2.75) is 161 Å². The van der Waals surface area contributed by atoms with Crippen molar-refractivity contribution in [2.75, 3.05) is 49.0 Å². The van der Waals surface area contributed by atoms with Crippen molar-refractivity contribution in [3.63, 3.8) is 0 Å². The average molecular weight is 1080 g/mol. The van der Waals surface area contributed by atoms with Crippen molar-refractivity contribution < 1.29 is 52.5 Å². The van der Waals surface area contributed by atoms with Crippen molar-refractivity contribution in [2.24, 2.45) is 17.6 Å². The molecule has 1 saturated heterocycles. The Morgan fingerprint density at radius 2 is 1.71 bits per heavy atom. The van der Waals surface area contributed by atoms with Gasteiger partial charge in [-0.25, -0.2) is 9.78 Å². The van der Waals surface area contributed by atoms with E-state index in [0.29, 0.717) is 78.3 Å². The molecule has 3 fully saturated rings. The van der Waals surface area contributed by atoms with Gasteiger partial charge < -0.3 is 54.9 Å². The molecule has 4 atom stereocenters. The lowest BCUT2D eigenvalue weighted by Crippen LogP contribution is -2.55. The number of anilines is 4. The quantitative estimate of drug-likeness (QED) is 0.0356. The number of rotatable bonds is 19. The van der Waals surface area contributed by atoms with Gasteiger partial charge in [0.05, 0.1) is 32.2 Å². The number of nitrogens with one attached hydrogen (secondary N) is 3. The van der Waals surface area contributed by atoms with Gasteiger partial charge in [-0.1, -0.05) is 65.4 Å². The molecule has 1 aromatic heterocycles. The number of amides is 6. The Bertz CT molecular complexity index is 2800. The first-order valence-electron chi connectivity index (χ1n) is 27.4. The van der Waals surface area contributed by atoms with Gasteiger partial charge in [0.1, 0.15) is 29.6 Å². The van der Waals surface area contributed by atoms with E-state index in [1.165, 1.54) is 12.0 Å². The van der Waals surface area contributed by atoms with Gasteiger partial charge in [-0.2, -0.15) is 4.98 Å². The molecule has 0 spiro atoms. The van der Waals surface area contributed by atoms with E-state index in [1.807, 2.05) is 13.0 Å². The van der Waals surface area contributed by atoms with Crippen molar-refractivity contribution in [1.82, 2.24) is 30.4 Å². The molecule has 0 radical (unpaired) electrons. The Balaban J connectivity index is 0.878. The number of hydrogen-bond donors (Lipinski definition) is 4. The highest BCUT2D eigenvalue weighted by molar-refractivity contribution is 6.06. The topological polar surface area (TPSA) is 257 Å². The van der Waals surface area contributed by atoms with Crippen LogP contribution in [0.15, 0.2) is 42.6 Å². The number of carbonyl (C=O) groups is 7. The third-order valence-corrected chi connectivity index (χ3v) is 15.5. The van der Waals surface area contributed by atoms with Crippen LogP contribution in [0.5, 0.6) is 5.75 Å². The molecule has 6 amide bonds. The number of nitrogens with two attached hydrogens (primary N) is 1. The maximum atomic E-state index is 14.1. The van der Waals surface area contributed by atoms with Crippen molar-refractivity contribution >= 4 is 64.7 Å². The van der Waals surface area contributed by atoms with Gasteiger partial charge in [0.2, 0.25) is 23.7 Å². The van der Waals surface area contributed by atoms with E-state index < -0.39 is 36.3 Å². The number of fused-ring (bicyclic) bond motifs is 2. The number of aromatic nitrogens is 2. The molecule has 3 unspecified atom stereocenters. The zero-order valence-corrected chi connectivity index (χ0v) is 45.8. The summed E-state index contributed by atoms with van der Waals surface area (Å²) in [7, 11) is 3.29. The summed E-state index contributed by atoms with van der Waals surface area (Å²) in [6.45, 7) is 9.95. The molecular weight excluding hydrogens is 1000 g/mol. The SMILES string of the molecule is CC[C@@H]1C(=O)N(C)c2cnc(Nc3ccc(C(=O)NC4CCC(N(CCOCCC#Cc5cccc6c5CN(C5CCC(=O)NC5=O)C6=O)C(=O)OC(OC(=O)C(N)C(C)C)C(C)C)CC4)cc3OC)nc2N1C1CCCC1. The second-order valence-electron chi connectivity index (χ2n) is 21.4. The monoisotopic (exact) mass is 1070 g/mol. The summed E-state index contributed by atoms with van der Waals surface area (Å²) in [6, 6.07) is 8.21. The van der Waals surface area contributed by atoms with Gasteiger partial charge in [-0.05, 0) is 93.2 Å². The van der Waals surface area contributed by atoms with Crippen LogP contribution in [-0.2, 0) is 39.9 Å². The summed E-state index contributed by atoms with van der Waals surface area (Å²) in [5.41, 5.74) is 9.57. The Labute approximate surface area is 456 Å². The molecule has 21 nitrogen and oxygen atoms in total. The molecule has 21 heteroatoms. The number of likely N-dealkylation sites (N-methyl/N-ethyl adjacent to an activating group) is 1. The molecule has 2 aromatic carbocycles. The molecule has 5 aliphatic rings. The second kappa shape index (κ2) is 25.4. The van der Waals surface area contributed by atoms with Gasteiger partial charge in [0, 0.05) is 73.7 Å². The molecule has 2 saturated carbocycles. The van der Waals surface area contributed by atoms with Crippen LogP contribution in [0.3, 0.4) is 0 Å². The standard InChI is InChI=1S/C57H74N10O11/c1-8-43-53(72)64(6)45-31-59-56(63-49(45)67(43)39-16-9-10-17-39)61-42-24-19-36(30-46(42)75-7)50(69)60-37-20-22-38(23-21-37)65(57(74)78-55(34(4)5)77-54(73)48(58)33(2)3)27-29-76-28-12-11-14-35-15-13-18-40-41(35)32-66(52(40)71)44-25-26-47(68)62-51(44)70/h13,15,18-19,24,30-31,33-34,37-39,43-44,48,55H,8-10,12,16-17,20-23,25-29,32,58H2,1-7H3,(H,60,69)(H,59,61,63)(H,62,68,70)/t37?,38?,43-,44?,48?,55?/m1/s1. The van der Waals surface area contributed by atoms with Crippen LogP contribution in [-0.4, -0.2) is 138 Å². The normalized spacial score (nSPS) is 21.1. The number of hydrogen-bond acceptors (Lipinski definition) is 16. The summed E-state index contributed by atoms with van der Waals surface area (Å²) < 4.78 is 23.3. The molecule has 78 heavy (non-hydrogen) atoms. The van der Waals surface area contributed by atoms with Gasteiger partial charge in [0.25, 0.3) is 18.1 Å². The highest BCUT2D eigenvalue weighted by Gasteiger charge is 2.43. The number of piperidine rings is 1. The van der Waals surface area contributed by atoms with E-state index >= 15 is 0 Å². The molecule has 418 valence electrons. The third-order valence-electron chi connectivity index (χ3n) is 15.5. The number of ether oxygens (including phenoxy) is 4. The van der Waals surface area contributed by atoms with Crippen LogP contribution >= 0.6 is 0 Å². The highest BCUT2D eigenvalue weighted by atomic mass is 16.7. The minimum absolute atomic E-state index is 0.0350. The average Bonchev–Trinajstić information content (AvgIpc) is 4.13. The van der Waals surface area contributed by atoms with Crippen LogP contribution in [0.25, 0.3) is 0 Å². The van der Waals surface area contributed by atoms with Crippen LogP contribution in [0.2, 0.25) is 0 Å². The van der Waals surface area contributed by atoms with Crippen LogP contribution < -0.4 is 36.2 Å². The first kappa shape index (κ1) is 56.9. The van der Waals surface area contributed by atoms with E-state index in [4.69, 9.17) is 29.7 Å². The minimum atomic E-state index is -1.19. The summed E-state index contributed by atoms with van der Waals surface area (Å²) in [5.74, 6) is 5.16. The van der Waals surface area contributed by atoms with Gasteiger partial charge >= 0.3 is 12.1 Å². The molecule has 3 aliphatic heterocycles. The lowest BCUT2D eigenvalue weighted by Gasteiger charge is -2.43. The smallest absolute Gasteiger partial charge is 0.413 e. The maximum Gasteiger partial charge on any atom is 0.413 e. The fourth-order valence-electron chi connectivity index (χ4n) is 10.9. The van der Waals surface area contributed by atoms with Crippen molar-refractivity contribution in [3.8, 4) is 17.6 Å².